The molecule has 9 heteroatoms. The molecule has 2 rings (SSSR count). The first-order valence-corrected chi connectivity index (χ1v) is 8.08. The first kappa shape index (κ1) is 17.9. The van der Waals surface area contributed by atoms with Gasteiger partial charge in [-0.3, -0.25) is 9.69 Å². The normalized spacial score (nSPS) is 10.6. The van der Waals surface area contributed by atoms with Gasteiger partial charge >= 0.3 is 5.82 Å². The number of alkyl halides is 2. The zero-order valence-electron chi connectivity index (χ0n) is 13.6. The molecule has 0 saturated heterocycles. The summed E-state index contributed by atoms with van der Waals surface area (Å²) in [7, 11) is 1.66. The van der Waals surface area contributed by atoms with Crippen LogP contribution < -0.4 is 20.2 Å². The van der Waals surface area contributed by atoms with Gasteiger partial charge in [0.1, 0.15) is 11.8 Å². The Hall–Kier alpha value is -2.42. The van der Waals surface area contributed by atoms with E-state index >= 15 is 0 Å². The Morgan fingerprint density at radius 3 is 2.88 bits per heavy atom. The number of nitrogens with zero attached hydrogens (tertiary/aromatic N) is 2. The van der Waals surface area contributed by atoms with Crippen molar-refractivity contribution in [3.8, 4) is 11.4 Å². The number of H-pyrrole nitrogens is 2. The molecule has 0 saturated carbocycles. The number of anilines is 2. The molecule has 2 heterocycles. The van der Waals surface area contributed by atoms with Crippen molar-refractivity contribution in [2.24, 2.45) is 0 Å². The van der Waals surface area contributed by atoms with Crippen molar-refractivity contribution >= 4 is 28.2 Å². The number of amides is 1. The number of aromatic amines is 2. The van der Waals surface area contributed by atoms with Crippen LogP contribution >= 0.6 is 11.3 Å². The van der Waals surface area contributed by atoms with Crippen LogP contribution in [0.1, 0.15) is 13.8 Å². The molecule has 128 valence electrons. The molecule has 0 spiro atoms. The topological polar surface area (TPSA) is 73.5 Å². The molecule has 1 amide bonds. The first-order chi connectivity index (χ1) is 11.4. The maximum absolute atomic E-state index is 12.3. The average Bonchev–Trinajstić information content (AvgIpc) is 3.01. The molecule has 0 aliphatic heterocycles. The third-order valence-electron chi connectivity index (χ3n) is 2.99. The largest absolute Gasteiger partial charge is 0.336 e. The van der Waals surface area contributed by atoms with Gasteiger partial charge in [0.05, 0.1) is 0 Å². The highest BCUT2D eigenvalue weighted by Crippen LogP contribution is 2.25. The highest BCUT2D eigenvalue weighted by molar-refractivity contribution is 7.14. The van der Waals surface area contributed by atoms with Gasteiger partial charge in [-0.05, 0) is 13.8 Å². The number of nitrogens with one attached hydrogen (secondary N) is 3. The predicted octanol–water partition coefficient (Wildman–Crippen LogP) is 2.04. The zero-order chi connectivity index (χ0) is 17.7. The van der Waals surface area contributed by atoms with Gasteiger partial charge in [-0.2, -0.15) is 4.98 Å². The van der Waals surface area contributed by atoms with Crippen molar-refractivity contribution in [2.75, 3.05) is 23.8 Å². The number of hydrogen-bond acceptors (Lipinski definition) is 4. The molecule has 24 heavy (non-hydrogen) atoms. The summed E-state index contributed by atoms with van der Waals surface area (Å²) in [5.41, 5.74) is 2.18. The van der Waals surface area contributed by atoms with E-state index < -0.39 is 13.0 Å². The molecule has 0 fully saturated rings. The van der Waals surface area contributed by atoms with Crippen molar-refractivity contribution in [1.82, 2.24) is 4.98 Å². The summed E-state index contributed by atoms with van der Waals surface area (Å²) in [5, 5.41) is 4.95. The highest BCUT2D eigenvalue weighted by atomic mass is 32.1. The Balaban J connectivity index is 2.17. The number of likely N-dealkylation sites (N-methyl/N-ethyl adjacent to an activating group) is 1. The van der Waals surface area contributed by atoms with Crippen molar-refractivity contribution in [3.05, 3.63) is 29.4 Å². The molecule has 0 aliphatic carbocycles. The summed E-state index contributed by atoms with van der Waals surface area (Å²) >= 11 is 1.33. The van der Waals surface area contributed by atoms with E-state index in [-0.39, 0.29) is 5.91 Å². The van der Waals surface area contributed by atoms with Crippen LogP contribution in [0.3, 0.4) is 0 Å². The fraction of sp³-hybridized carbons (Fsp3) is 0.333. The summed E-state index contributed by atoms with van der Waals surface area (Å²) in [4.78, 5) is 23.7. The molecule has 3 N–H and O–H groups in total. The lowest BCUT2D eigenvalue weighted by Crippen LogP contribution is -2.25. The van der Waals surface area contributed by atoms with Gasteiger partial charge in [0.15, 0.2) is 17.4 Å². The molecule has 2 aromatic rings. The summed E-state index contributed by atoms with van der Waals surface area (Å²) in [6, 6.07) is 1.65. The van der Waals surface area contributed by atoms with Crippen LogP contribution in [0.4, 0.5) is 19.7 Å². The fourth-order valence-electron chi connectivity index (χ4n) is 1.84. The minimum Gasteiger partial charge on any atom is -0.288 e. The number of aromatic nitrogens is 3. The Morgan fingerprint density at radius 1 is 1.46 bits per heavy atom. The maximum Gasteiger partial charge on any atom is 0.336 e. The second-order valence-electron chi connectivity index (χ2n) is 5.31. The molecule has 2 aromatic heterocycles. The van der Waals surface area contributed by atoms with Gasteiger partial charge in [-0.1, -0.05) is 5.57 Å². The van der Waals surface area contributed by atoms with Crippen molar-refractivity contribution in [3.63, 3.8) is 0 Å². The van der Waals surface area contributed by atoms with E-state index in [2.05, 4.69) is 20.3 Å². The molecular weight excluding hydrogens is 336 g/mol. The fourth-order valence-corrected chi connectivity index (χ4v) is 2.63. The monoisotopic (exact) mass is 355 g/mol. The standard InChI is InChI=1S/C15H17F2N5OS/c1-9(2)4-14(23)22(3)15-21-11(7-24-15)10-5-13(20-8-19-10)18-6-12(16)17/h4-5,7-8,12H,6H2,1-3H3,(H,18,19,20)/p+2. The molecule has 0 aliphatic rings. The van der Waals surface area contributed by atoms with Crippen LogP contribution in [0.5, 0.6) is 0 Å². The van der Waals surface area contributed by atoms with E-state index in [0.717, 1.165) is 5.57 Å². The van der Waals surface area contributed by atoms with Crippen molar-refractivity contribution < 1.29 is 23.5 Å². The SMILES string of the molecule is CC(C)=CC(=O)N(C)c1nc(-c2cc(NCC(F)F)[nH+]c[nH+]2)cs1. The summed E-state index contributed by atoms with van der Waals surface area (Å²) in [6.07, 6.45) is 0.628. The Morgan fingerprint density at radius 2 is 2.21 bits per heavy atom. The molecule has 0 bridgehead atoms. The van der Waals surface area contributed by atoms with Crippen LogP contribution in [0.25, 0.3) is 11.4 Å². The smallest absolute Gasteiger partial charge is 0.288 e. The third-order valence-corrected chi connectivity index (χ3v) is 3.91. The lowest BCUT2D eigenvalue weighted by Gasteiger charge is -2.10. The van der Waals surface area contributed by atoms with E-state index in [1.165, 1.54) is 28.6 Å². The number of halogens is 2. The van der Waals surface area contributed by atoms with Crippen LogP contribution in [-0.4, -0.2) is 30.9 Å². The van der Waals surface area contributed by atoms with Gasteiger partial charge in [0.25, 0.3) is 18.7 Å². The van der Waals surface area contributed by atoms with Gasteiger partial charge in [-0.25, -0.2) is 24.1 Å². The van der Waals surface area contributed by atoms with Gasteiger partial charge in [0.2, 0.25) is 0 Å². The molecule has 0 radical (unpaired) electrons. The van der Waals surface area contributed by atoms with Crippen molar-refractivity contribution in [2.45, 2.75) is 20.3 Å². The average molecular weight is 355 g/mol. The Bertz CT molecular complexity index is 743. The maximum atomic E-state index is 12.3. The molecule has 6 nitrogen and oxygen atoms in total. The quantitative estimate of drug-likeness (QED) is 0.806. The number of carbonyl (C=O) groups is 1. The Labute approximate surface area is 142 Å². The van der Waals surface area contributed by atoms with Crippen LogP contribution in [0, 0.1) is 0 Å². The minimum atomic E-state index is -2.44. The number of thiazole rings is 1. The van der Waals surface area contributed by atoms with Gasteiger partial charge in [0, 0.05) is 18.5 Å². The number of rotatable bonds is 6. The predicted molar refractivity (Wildman–Crippen MR) is 88.0 cm³/mol. The van der Waals surface area contributed by atoms with Gasteiger partial charge < -0.3 is 0 Å². The third kappa shape index (κ3) is 4.79. The molecule has 0 unspecified atom stereocenters. The number of carbonyl (C=O) groups excluding carboxylic acids is 1. The summed E-state index contributed by atoms with van der Waals surface area (Å²) in [5.74, 6) is 0.299. The van der Waals surface area contributed by atoms with Crippen LogP contribution in [0.15, 0.2) is 29.4 Å². The van der Waals surface area contributed by atoms with E-state index in [4.69, 9.17) is 0 Å². The first-order valence-electron chi connectivity index (χ1n) is 7.20. The molecule has 0 aromatic carbocycles. The van der Waals surface area contributed by atoms with E-state index in [1.54, 1.807) is 18.5 Å². The number of hydrogen-bond donors (Lipinski definition) is 1. The van der Waals surface area contributed by atoms with Crippen molar-refractivity contribution in [1.29, 1.82) is 0 Å². The Kier molecular flexibility index (Phi) is 5.91. The lowest BCUT2D eigenvalue weighted by molar-refractivity contribution is -0.516. The molecule has 0 atom stereocenters. The summed E-state index contributed by atoms with van der Waals surface area (Å²) in [6.45, 7) is 3.26. The van der Waals surface area contributed by atoms with Crippen LogP contribution in [-0.2, 0) is 4.79 Å². The van der Waals surface area contributed by atoms with E-state index in [1.807, 2.05) is 13.8 Å². The second-order valence-corrected chi connectivity index (χ2v) is 6.15. The summed E-state index contributed by atoms with van der Waals surface area (Å²) < 4.78 is 24.5. The minimum absolute atomic E-state index is 0.152. The number of allylic oxidation sites excluding steroid dienone is 1. The second kappa shape index (κ2) is 7.91. The van der Waals surface area contributed by atoms with Gasteiger partial charge in [-0.15, -0.1) is 11.3 Å². The van der Waals surface area contributed by atoms with E-state index in [9.17, 15) is 13.6 Å². The zero-order valence-corrected chi connectivity index (χ0v) is 14.4. The highest BCUT2D eigenvalue weighted by Gasteiger charge is 2.18. The van der Waals surface area contributed by atoms with Crippen LogP contribution in [0.2, 0.25) is 0 Å². The molecular formula is C15H19F2N5OS+2. The van der Waals surface area contributed by atoms with E-state index in [0.29, 0.717) is 22.3 Å². The lowest BCUT2D eigenvalue weighted by atomic mass is 10.3.